The summed E-state index contributed by atoms with van der Waals surface area (Å²) in [6, 6.07) is 6.82. The van der Waals surface area contributed by atoms with Gasteiger partial charge in [0.15, 0.2) is 6.10 Å². The summed E-state index contributed by atoms with van der Waals surface area (Å²) >= 11 is 0. The van der Waals surface area contributed by atoms with Crippen LogP contribution in [0.4, 0.5) is 0 Å². The number of rotatable bonds is 44. The van der Waals surface area contributed by atoms with Crippen LogP contribution < -0.4 is 4.74 Å². The highest BCUT2D eigenvalue weighted by Crippen LogP contribution is 2.17. The maximum absolute atomic E-state index is 12.8. The van der Waals surface area contributed by atoms with Gasteiger partial charge in [0.2, 0.25) is 0 Å². The maximum Gasteiger partial charge on any atom is 0.311 e. The molecule has 0 atom stereocenters. The second-order valence-electron chi connectivity index (χ2n) is 17.4. The molecule has 1 aromatic carbocycles. The summed E-state index contributed by atoms with van der Waals surface area (Å²) in [5, 5.41) is 9.15. The molecule has 9 nitrogen and oxygen atoms in total. The van der Waals surface area contributed by atoms with Crippen molar-refractivity contribution in [3.05, 3.63) is 29.8 Å². The summed E-state index contributed by atoms with van der Waals surface area (Å²) < 4.78 is 22.1. The molecule has 0 bridgehead atoms. The third-order valence-corrected chi connectivity index (χ3v) is 11.5. The lowest BCUT2D eigenvalue weighted by Gasteiger charge is -2.18. The van der Waals surface area contributed by atoms with Crippen molar-refractivity contribution in [1.82, 2.24) is 0 Å². The number of carbonyl (C=O) groups excluding carboxylic acids is 4. The largest absolute Gasteiger partial charge is 0.462 e. The number of benzene rings is 1. The smallest absolute Gasteiger partial charge is 0.311 e. The number of unbranched alkanes of at least 4 members (excludes halogenated alkanes) is 29. The van der Waals surface area contributed by atoms with Gasteiger partial charge in [0.05, 0.1) is 6.61 Å². The number of aliphatic hydroxyl groups is 1. The predicted octanol–water partition coefficient (Wildman–Crippen LogP) is 14.2. The van der Waals surface area contributed by atoms with Gasteiger partial charge < -0.3 is 24.1 Å². The van der Waals surface area contributed by atoms with Crippen molar-refractivity contribution in [3.8, 4) is 5.75 Å². The molecule has 1 N–H and O–H groups in total. The minimum absolute atomic E-state index is 0.0522. The van der Waals surface area contributed by atoms with Crippen LogP contribution in [0.3, 0.4) is 0 Å². The van der Waals surface area contributed by atoms with Gasteiger partial charge in [-0.05, 0) is 43.4 Å². The summed E-state index contributed by atoms with van der Waals surface area (Å²) in [5.41, 5.74) is 0.764. The van der Waals surface area contributed by atoms with E-state index in [0.717, 1.165) is 76.2 Å². The molecule has 0 saturated carbocycles. The van der Waals surface area contributed by atoms with Crippen molar-refractivity contribution in [2.45, 2.75) is 258 Å². The zero-order valence-electron chi connectivity index (χ0n) is 39.2. The quantitative estimate of drug-likeness (QED) is 0.0295. The third-order valence-electron chi connectivity index (χ3n) is 11.5. The Bertz CT molecular complexity index is 1140. The first-order valence-electron chi connectivity index (χ1n) is 25.3. The SMILES string of the molecule is CCCCCCCCCCCCCCCC(=O)OCC(COC(=O)CCCCCCCCCCCCCCC)OC(=O)CCCCCCCCC(=O)Oc1ccc(CO)cc1. The molecule has 1 rings (SSSR count). The fraction of sp³-hybridized carbons (Fsp3) is 0.808. The monoisotopic (exact) mass is 859 g/mol. The van der Waals surface area contributed by atoms with Crippen LogP contribution in [-0.2, 0) is 40.0 Å². The van der Waals surface area contributed by atoms with Gasteiger partial charge in [0, 0.05) is 25.7 Å². The number of hydrogen-bond acceptors (Lipinski definition) is 9. The second-order valence-corrected chi connectivity index (χ2v) is 17.4. The van der Waals surface area contributed by atoms with Gasteiger partial charge in [-0.15, -0.1) is 0 Å². The van der Waals surface area contributed by atoms with Gasteiger partial charge in [-0.2, -0.15) is 0 Å². The van der Waals surface area contributed by atoms with Gasteiger partial charge in [-0.1, -0.05) is 206 Å². The Labute approximate surface area is 372 Å². The van der Waals surface area contributed by atoms with E-state index in [2.05, 4.69) is 13.8 Å². The van der Waals surface area contributed by atoms with Crippen molar-refractivity contribution in [1.29, 1.82) is 0 Å². The number of esters is 4. The van der Waals surface area contributed by atoms with Crippen LogP contribution >= 0.6 is 0 Å². The lowest BCUT2D eigenvalue weighted by Crippen LogP contribution is -2.30. The van der Waals surface area contributed by atoms with E-state index in [1.807, 2.05) is 0 Å². The summed E-state index contributed by atoms with van der Waals surface area (Å²) in [7, 11) is 0. The van der Waals surface area contributed by atoms with Gasteiger partial charge >= 0.3 is 23.9 Å². The molecule has 0 fully saturated rings. The Morgan fingerprint density at radius 1 is 0.410 bits per heavy atom. The fourth-order valence-electron chi connectivity index (χ4n) is 7.54. The second kappa shape index (κ2) is 42.4. The molecule has 0 aliphatic heterocycles. The Morgan fingerprint density at radius 3 is 1.03 bits per heavy atom. The molecule has 0 aromatic heterocycles. The Hall–Kier alpha value is -2.94. The van der Waals surface area contributed by atoms with Gasteiger partial charge in [-0.3, -0.25) is 19.2 Å². The number of ether oxygens (including phenoxy) is 4. The van der Waals surface area contributed by atoms with Crippen molar-refractivity contribution in [2.75, 3.05) is 13.2 Å². The first-order valence-corrected chi connectivity index (χ1v) is 25.3. The zero-order valence-corrected chi connectivity index (χ0v) is 39.2. The third kappa shape index (κ3) is 37.3. The van der Waals surface area contributed by atoms with Crippen LogP contribution in [0.5, 0.6) is 5.75 Å². The zero-order chi connectivity index (χ0) is 44.3. The van der Waals surface area contributed by atoms with Gasteiger partial charge in [0.1, 0.15) is 19.0 Å². The molecule has 0 spiro atoms. The normalized spacial score (nSPS) is 11.2. The molecule has 0 heterocycles. The van der Waals surface area contributed by atoms with E-state index >= 15 is 0 Å². The first kappa shape index (κ1) is 56.1. The topological polar surface area (TPSA) is 125 Å². The molecule has 0 aliphatic rings. The van der Waals surface area contributed by atoms with Gasteiger partial charge in [0.25, 0.3) is 0 Å². The van der Waals surface area contributed by atoms with Crippen molar-refractivity contribution in [2.24, 2.45) is 0 Å². The van der Waals surface area contributed by atoms with Crippen LogP contribution in [0.25, 0.3) is 0 Å². The number of hydrogen-bond donors (Lipinski definition) is 1. The Balaban J connectivity index is 2.31. The molecule has 0 radical (unpaired) electrons. The lowest BCUT2D eigenvalue weighted by atomic mass is 10.0. The molecule has 0 aliphatic carbocycles. The highest BCUT2D eigenvalue weighted by Gasteiger charge is 2.19. The molecule has 0 unspecified atom stereocenters. The molecule has 1 aromatic rings. The van der Waals surface area contributed by atoms with Crippen molar-refractivity contribution in [3.63, 3.8) is 0 Å². The summed E-state index contributed by atoms with van der Waals surface area (Å²) in [5.74, 6) is -0.813. The van der Waals surface area contributed by atoms with E-state index in [1.54, 1.807) is 24.3 Å². The predicted molar refractivity (Wildman–Crippen MR) is 247 cm³/mol. The number of carbonyl (C=O) groups is 4. The minimum atomic E-state index is -0.828. The maximum atomic E-state index is 12.8. The highest BCUT2D eigenvalue weighted by molar-refractivity contribution is 5.72. The molecule has 0 amide bonds. The Kier molecular flexibility index (Phi) is 38.9. The van der Waals surface area contributed by atoms with E-state index in [-0.39, 0.29) is 50.1 Å². The van der Waals surface area contributed by atoms with Crippen LogP contribution in [0, 0.1) is 0 Å². The molecule has 61 heavy (non-hydrogen) atoms. The van der Waals surface area contributed by atoms with E-state index < -0.39 is 6.10 Å². The van der Waals surface area contributed by atoms with E-state index in [9.17, 15) is 19.2 Å². The van der Waals surface area contributed by atoms with Gasteiger partial charge in [-0.25, -0.2) is 0 Å². The molecule has 352 valence electrons. The molecular formula is C52H90O9. The van der Waals surface area contributed by atoms with E-state index in [0.29, 0.717) is 31.4 Å². The van der Waals surface area contributed by atoms with E-state index in [4.69, 9.17) is 24.1 Å². The summed E-state index contributed by atoms with van der Waals surface area (Å²) in [6.45, 7) is 4.22. The van der Waals surface area contributed by atoms with Crippen molar-refractivity contribution < 1.29 is 43.2 Å². The van der Waals surface area contributed by atoms with E-state index in [1.165, 1.54) is 128 Å². The first-order chi connectivity index (χ1) is 29.9. The van der Waals surface area contributed by atoms with Crippen LogP contribution in [-0.4, -0.2) is 48.3 Å². The average molecular weight is 859 g/mol. The Morgan fingerprint density at radius 2 is 0.705 bits per heavy atom. The lowest BCUT2D eigenvalue weighted by molar-refractivity contribution is -0.167. The fourth-order valence-corrected chi connectivity index (χ4v) is 7.54. The molecule has 9 heteroatoms. The summed E-state index contributed by atoms with van der Waals surface area (Å²) in [6.07, 6.45) is 37.6. The number of aliphatic hydroxyl groups excluding tert-OH is 1. The van der Waals surface area contributed by atoms with Crippen LogP contribution in [0.15, 0.2) is 24.3 Å². The standard InChI is InChI=1S/C52H90O9/c1-3-5-7-9-11-13-15-17-19-21-23-27-31-35-49(54)58-44-48(45-59-50(55)36-32-28-24-22-20-18-16-14-12-10-8-6-4-2)61-52(57)38-34-30-26-25-29-33-37-51(56)60-47-41-39-46(43-53)40-42-47/h39-42,48,53H,3-38,43-45H2,1-2H3. The van der Waals surface area contributed by atoms with Crippen LogP contribution in [0.2, 0.25) is 0 Å². The van der Waals surface area contributed by atoms with Crippen LogP contribution in [0.1, 0.15) is 251 Å². The highest BCUT2D eigenvalue weighted by atomic mass is 16.6. The van der Waals surface area contributed by atoms with Crippen molar-refractivity contribution >= 4 is 23.9 Å². The minimum Gasteiger partial charge on any atom is -0.462 e. The molecule has 0 saturated heterocycles. The molecular weight excluding hydrogens is 769 g/mol. The average Bonchev–Trinajstić information content (AvgIpc) is 3.26. The summed E-state index contributed by atoms with van der Waals surface area (Å²) in [4.78, 5) is 50.1.